The second-order valence-electron chi connectivity index (χ2n) is 3.32. The highest BCUT2D eigenvalue weighted by molar-refractivity contribution is 5.75. The maximum absolute atomic E-state index is 11.9. The van der Waals surface area contributed by atoms with Crippen LogP contribution in [0.25, 0.3) is 0 Å². The van der Waals surface area contributed by atoms with Crippen LogP contribution in [0.15, 0.2) is 24.3 Å². The normalized spacial score (nSPS) is 13.0. The Kier molecular flexibility index (Phi) is 3.98. The lowest BCUT2D eigenvalue weighted by atomic mass is 10.1. The van der Waals surface area contributed by atoms with E-state index in [9.17, 15) is 18.0 Å². The first-order chi connectivity index (χ1) is 7.84. The number of benzene rings is 1. The van der Waals surface area contributed by atoms with Crippen LogP contribution in [-0.4, -0.2) is 19.3 Å². The summed E-state index contributed by atoms with van der Waals surface area (Å²) in [6.07, 6.45) is -5.93. The number of carbonyl (C=O) groups excluding carboxylic acids is 1. The lowest BCUT2D eigenvalue weighted by Gasteiger charge is -2.15. The average molecular weight is 248 g/mol. The largest absolute Gasteiger partial charge is 0.497 e. The molecule has 3 nitrogen and oxygen atoms in total. The summed E-state index contributed by atoms with van der Waals surface area (Å²) in [4.78, 5) is 10.6. The van der Waals surface area contributed by atoms with E-state index in [-0.39, 0.29) is 0 Å². The third-order valence-corrected chi connectivity index (χ3v) is 2.10. The van der Waals surface area contributed by atoms with Crippen molar-refractivity contribution in [1.82, 2.24) is 0 Å². The number of esters is 1. The van der Waals surface area contributed by atoms with Crippen LogP contribution in [0.1, 0.15) is 18.6 Å². The second-order valence-corrected chi connectivity index (χ2v) is 3.32. The summed E-state index contributed by atoms with van der Waals surface area (Å²) in [7, 11) is 1.47. The lowest BCUT2D eigenvalue weighted by molar-refractivity contribution is -0.204. The van der Waals surface area contributed by atoms with Crippen molar-refractivity contribution in [3.8, 4) is 5.75 Å². The maximum atomic E-state index is 11.9. The minimum Gasteiger partial charge on any atom is -0.497 e. The van der Waals surface area contributed by atoms with Crippen molar-refractivity contribution < 1.29 is 27.4 Å². The maximum Gasteiger partial charge on any atom is 0.490 e. The summed E-state index contributed by atoms with van der Waals surface area (Å²) in [6.45, 7) is 1.37. The monoisotopic (exact) mass is 248 g/mol. The molecule has 0 amide bonds. The van der Waals surface area contributed by atoms with Crippen molar-refractivity contribution in [3.63, 3.8) is 0 Å². The smallest absolute Gasteiger partial charge is 0.490 e. The van der Waals surface area contributed by atoms with E-state index in [1.54, 1.807) is 12.1 Å². The van der Waals surface area contributed by atoms with E-state index in [4.69, 9.17) is 4.74 Å². The Morgan fingerprint density at radius 3 is 2.18 bits per heavy atom. The molecule has 1 atom stereocenters. The van der Waals surface area contributed by atoms with Gasteiger partial charge in [0, 0.05) is 0 Å². The molecule has 0 aliphatic heterocycles. The minimum absolute atomic E-state index is 0.461. The molecule has 0 spiro atoms. The molecule has 0 unspecified atom stereocenters. The predicted molar refractivity (Wildman–Crippen MR) is 53.6 cm³/mol. The number of alkyl halides is 3. The van der Waals surface area contributed by atoms with Crippen molar-refractivity contribution in [2.24, 2.45) is 0 Å². The molecule has 0 aromatic heterocycles. The molecule has 0 aliphatic rings. The first-order valence-corrected chi connectivity index (χ1v) is 4.76. The zero-order chi connectivity index (χ0) is 13.1. The Bertz CT molecular complexity index is 384. The Balaban J connectivity index is 2.70. The molecule has 0 saturated carbocycles. The van der Waals surface area contributed by atoms with Gasteiger partial charge in [-0.05, 0) is 24.6 Å². The quantitative estimate of drug-likeness (QED) is 0.771. The topological polar surface area (TPSA) is 35.5 Å². The van der Waals surface area contributed by atoms with Crippen LogP contribution in [0.3, 0.4) is 0 Å². The summed E-state index contributed by atoms with van der Waals surface area (Å²) in [5.41, 5.74) is 0.461. The van der Waals surface area contributed by atoms with Crippen molar-refractivity contribution in [2.45, 2.75) is 19.2 Å². The molecule has 6 heteroatoms. The third-order valence-electron chi connectivity index (χ3n) is 2.10. The molecule has 0 radical (unpaired) electrons. The summed E-state index contributed by atoms with van der Waals surface area (Å²) < 4.78 is 45.0. The molecule has 0 fully saturated rings. The van der Waals surface area contributed by atoms with Crippen molar-refractivity contribution in [1.29, 1.82) is 0 Å². The van der Waals surface area contributed by atoms with Gasteiger partial charge in [0.25, 0.3) is 0 Å². The molecule has 0 bridgehead atoms. The number of rotatable bonds is 3. The van der Waals surface area contributed by atoms with E-state index in [2.05, 4.69) is 4.74 Å². The van der Waals surface area contributed by atoms with E-state index >= 15 is 0 Å². The highest BCUT2D eigenvalue weighted by Crippen LogP contribution is 2.24. The van der Waals surface area contributed by atoms with Gasteiger partial charge in [0.15, 0.2) is 0 Å². The molecule has 0 saturated heterocycles. The molecular formula is C11H11F3O3. The average Bonchev–Trinajstić information content (AvgIpc) is 2.27. The molecule has 1 aromatic carbocycles. The number of methoxy groups -OCH3 is 1. The second kappa shape index (κ2) is 5.07. The fourth-order valence-corrected chi connectivity index (χ4v) is 1.17. The highest BCUT2D eigenvalue weighted by atomic mass is 19.4. The van der Waals surface area contributed by atoms with E-state index in [0.29, 0.717) is 11.3 Å². The first kappa shape index (κ1) is 13.3. The van der Waals surface area contributed by atoms with Gasteiger partial charge >= 0.3 is 12.1 Å². The SMILES string of the molecule is COc1ccc([C@@H](C)OC(=O)C(F)(F)F)cc1. The van der Waals surface area contributed by atoms with Crippen LogP contribution in [0.2, 0.25) is 0 Å². The lowest BCUT2D eigenvalue weighted by Crippen LogP contribution is -2.26. The molecule has 0 N–H and O–H groups in total. The Morgan fingerprint density at radius 1 is 1.24 bits per heavy atom. The zero-order valence-electron chi connectivity index (χ0n) is 9.25. The minimum atomic E-state index is -4.97. The molecule has 1 rings (SSSR count). The van der Waals surface area contributed by atoms with Gasteiger partial charge < -0.3 is 9.47 Å². The number of halogens is 3. The van der Waals surface area contributed by atoms with Gasteiger partial charge in [-0.2, -0.15) is 13.2 Å². The molecule has 0 aliphatic carbocycles. The van der Waals surface area contributed by atoms with E-state index in [0.717, 1.165) is 0 Å². The number of hydrogen-bond donors (Lipinski definition) is 0. The summed E-state index contributed by atoms with van der Waals surface area (Å²) in [6, 6.07) is 6.22. The molecule has 1 aromatic rings. The van der Waals surface area contributed by atoms with Crippen molar-refractivity contribution in [2.75, 3.05) is 7.11 Å². The van der Waals surface area contributed by atoms with Crippen LogP contribution in [-0.2, 0) is 9.53 Å². The van der Waals surface area contributed by atoms with Crippen LogP contribution in [0, 0.1) is 0 Å². The third kappa shape index (κ3) is 3.65. The summed E-state index contributed by atoms with van der Waals surface area (Å²) in [5, 5.41) is 0. The first-order valence-electron chi connectivity index (χ1n) is 4.76. The fourth-order valence-electron chi connectivity index (χ4n) is 1.17. The highest BCUT2D eigenvalue weighted by Gasteiger charge is 2.41. The van der Waals surface area contributed by atoms with Gasteiger partial charge in [0.05, 0.1) is 7.11 Å². The Morgan fingerprint density at radius 2 is 1.76 bits per heavy atom. The molecular weight excluding hydrogens is 237 g/mol. The van der Waals surface area contributed by atoms with Crippen LogP contribution < -0.4 is 4.74 Å². The van der Waals surface area contributed by atoms with E-state index < -0.39 is 18.2 Å². The van der Waals surface area contributed by atoms with Crippen LogP contribution in [0.4, 0.5) is 13.2 Å². The van der Waals surface area contributed by atoms with Crippen LogP contribution in [0.5, 0.6) is 5.75 Å². The molecule has 94 valence electrons. The molecule has 0 heterocycles. The van der Waals surface area contributed by atoms with E-state index in [1.807, 2.05) is 0 Å². The standard InChI is InChI=1S/C11H11F3O3/c1-7(17-10(15)11(12,13)14)8-3-5-9(16-2)6-4-8/h3-7H,1-2H3/t7-/m1/s1. The van der Waals surface area contributed by atoms with Gasteiger partial charge in [0.1, 0.15) is 11.9 Å². The van der Waals surface area contributed by atoms with Crippen molar-refractivity contribution >= 4 is 5.97 Å². The van der Waals surface area contributed by atoms with Gasteiger partial charge in [0.2, 0.25) is 0 Å². The zero-order valence-corrected chi connectivity index (χ0v) is 9.25. The van der Waals surface area contributed by atoms with Crippen molar-refractivity contribution in [3.05, 3.63) is 29.8 Å². The fraction of sp³-hybridized carbons (Fsp3) is 0.364. The Hall–Kier alpha value is -1.72. The van der Waals surface area contributed by atoms with Gasteiger partial charge in [-0.25, -0.2) is 4.79 Å². The summed E-state index contributed by atoms with van der Waals surface area (Å²) in [5.74, 6) is -1.62. The van der Waals surface area contributed by atoms with Gasteiger partial charge in [-0.15, -0.1) is 0 Å². The number of carbonyl (C=O) groups is 1. The number of hydrogen-bond acceptors (Lipinski definition) is 3. The number of ether oxygens (including phenoxy) is 2. The van der Waals surface area contributed by atoms with Gasteiger partial charge in [-0.1, -0.05) is 12.1 Å². The van der Waals surface area contributed by atoms with Crippen LogP contribution >= 0.6 is 0 Å². The predicted octanol–water partition coefficient (Wildman–Crippen LogP) is 2.86. The van der Waals surface area contributed by atoms with Gasteiger partial charge in [-0.3, -0.25) is 0 Å². The molecule has 17 heavy (non-hydrogen) atoms. The van der Waals surface area contributed by atoms with E-state index in [1.165, 1.54) is 26.2 Å². The Labute approximate surface area is 96.1 Å². The summed E-state index contributed by atoms with van der Waals surface area (Å²) >= 11 is 0.